The fraction of sp³-hybridized carbons (Fsp3) is 0.625. The van der Waals surface area contributed by atoms with E-state index in [0.717, 1.165) is 19.4 Å². The summed E-state index contributed by atoms with van der Waals surface area (Å²) in [4.78, 5) is 2.56. The number of nitrogens with one attached hydrogen (secondary N) is 1. The molecule has 0 spiro atoms. The van der Waals surface area contributed by atoms with Crippen molar-refractivity contribution in [2.24, 2.45) is 0 Å². The molecule has 1 fully saturated rings. The van der Waals surface area contributed by atoms with Crippen LogP contribution in [-0.4, -0.2) is 31.1 Å². The van der Waals surface area contributed by atoms with Crippen molar-refractivity contribution in [3.8, 4) is 0 Å². The Hall–Kier alpha value is -0.930. The SMILES string of the molecule is Fc1ccc2c(c1)CCC2NCCCN1CCCC1. The zero-order valence-corrected chi connectivity index (χ0v) is 11.5. The predicted octanol–water partition coefficient (Wildman–Crippen LogP) is 2.89. The molecule has 1 aliphatic carbocycles. The predicted molar refractivity (Wildman–Crippen MR) is 75.8 cm³/mol. The molecule has 1 saturated heterocycles. The first-order valence-corrected chi connectivity index (χ1v) is 7.57. The number of fused-ring (bicyclic) bond motifs is 1. The lowest BCUT2D eigenvalue weighted by molar-refractivity contribution is 0.327. The van der Waals surface area contributed by atoms with E-state index >= 15 is 0 Å². The van der Waals surface area contributed by atoms with Crippen LogP contribution < -0.4 is 5.32 Å². The van der Waals surface area contributed by atoms with Crippen LogP contribution in [0.3, 0.4) is 0 Å². The van der Waals surface area contributed by atoms with Crippen molar-refractivity contribution in [2.75, 3.05) is 26.2 Å². The Morgan fingerprint density at radius 1 is 1.26 bits per heavy atom. The lowest BCUT2D eigenvalue weighted by Crippen LogP contribution is -2.26. The first kappa shape index (κ1) is 13.1. The summed E-state index contributed by atoms with van der Waals surface area (Å²) >= 11 is 0. The number of benzene rings is 1. The summed E-state index contributed by atoms with van der Waals surface area (Å²) in [7, 11) is 0. The van der Waals surface area contributed by atoms with Crippen molar-refractivity contribution in [3.63, 3.8) is 0 Å². The zero-order chi connectivity index (χ0) is 13.1. The maximum atomic E-state index is 13.1. The van der Waals surface area contributed by atoms with Crippen molar-refractivity contribution in [2.45, 2.75) is 38.1 Å². The number of hydrogen-bond acceptors (Lipinski definition) is 2. The van der Waals surface area contributed by atoms with E-state index in [4.69, 9.17) is 0 Å². The summed E-state index contributed by atoms with van der Waals surface area (Å²) in [6.07, 6.45) is 6.08. The number of hydrogen-bond donors (Lipinski definition) is 1. The number of nitrogens with zero attached hydrogens (tertiary/aromatic N) is 1. The van der Waals surface area contributed by atoms with Crippen LogP contribution in [0.25, 0.3) is 0 Å². The van der Waals surface area contributed by atoms with Crippen LogP contribution >= 0.6 is 0 Å². The highest BCUT2D eigenvalue weighted by Crippen LogP contribution is 2.31. The third kappa shape index (κ3) is 3.15. The van der Waals surface area contributed by atoms with Crippen molar-refractivity contribution >= 4 is 0 Å². The highest BCUT2D eigenvalue weighted by atomic mass is 19.1. The zero-order valence-electron chi connectivity index (χ0n) is 11.5. The second-order valence-corrected chi connectivity index (χ2v) is 5.79. The fourth-order valence-corrected chi connectivity index (χ4v) is 3.38. The fourth-order valence-electron chi connectivity index (χ4n) is 3.38. The van der Waals surface area contributed by atoms with Crippen LogP contribution in [-0.2, 0) is 6.42 Å². The Morgan fingerprint density at radius 3 is 2.95 bits per heavy atom. The third-order valence-electron chi connectivity index (χ3n) is 4.42. The van der Waals surface area contributed by atoms with Gasteiger partial charge < -0.3 is 10.2 Å². The van der Waals surface area contributed by atoms with Crippen LogP contribution in [0.2, 0.25) is 0 Å². The average Bonchev–Trinajstić information content (AvgIpc) is 3.03. The number of halogens is 1. The van der Waals surface area contributed by atoms with Crippen molar-refractivity contribution < 1.29 is 4.39 Å². The van der Waals surface area contributed by atoms with E-state index in [9.17, 15) is 4.39 Å². The largest absolute Gasteiger partial charge is 0.310 e. The van der Waals surface area contributed by atoms with Gasteiger partial charge >= 0.3 is 0 Å². The molecule has 0 amide bonds. The average molecular weight is 262 g/mol. The molecule has 19 heavy (non-hydrogen) atoms. The molecule has 2 aliphatic rings. The Kier molecular flexibility index (Phi) is 4.14. The molecule has 1 N–H and O–H groups in total. The molecule has 1 aromatic rings. The molecule has 0 bridgehead atoms. The van der Waals surface area contributed by atoms with E-state index in [0.29, 0.717) is 6.04 Å². The van der Waals surface area contributed by atoms with Gasteiger partial charge in [-0.05, 0) is 81.5 Å². The molecule has 1 aromatic carbocycles. The highest BCUT2D eigenvalue weighted by Gasteiger charge is 2.22. The van der Waals surface area contributed by atoms with Crippen LogP contribution in [0.5, 0.6) is 0 Å². The molecule has 0 radical (unpaired) electrons. The smallest absolute Gasteiger partial charge is 0.123 e. The number of aryl methyl sites for hydroxylation is 1. The van der Waals surface area contributed by atoms with Gasteiger partial charge in [0, 0.05) is 6.04 Å². The first-order valence-electron chi connectivity index (χ1n) is 7.57. The lowest BCUT2D eigenvalue weighted by Gasteiger charge is -2.17. The number of likely N-dealkylation sites (tertiary alicyclic amines) is 1. The van der Waals surface area contributed by atoms with E-state index in [2.05, 4.69) is 10.2 Å². The van der Waals surface area contributed by atoms with Crippen molar-refractivity contribution in [1.29, 1.82) is 0 Å². The van der Waals surface area contributed by atoms with Crippen molar-refractivity contribution in [3.05, 3.63) is 35.1 Å². The van der Waals surface area contributed by atoms with Crippen molar-refractivity contribution in [1.82, 2.24) is 10.2 Å². The first-order chi connectivity index (χ1) is 9.33. The quantitative estimate of drug-likeness (QED) is 0.821. The summed E-state index contributed by atoms with van der Waals surface area (Å²) < 4.78 is 13.1. The summed E-state index contributed by atoms with van der Waals surface area (Å²) in [5.74, 6) is -0.103. The Balaban J connectivity index is 1.44. The van der Waals surface area contributed by atoms with Gasteiger partial charge in [0.25, 0.3) is 0 Å². The topological polar surface area (TPSA) is 15.3 Å². The van der Waals surface area contributed by atoms with Crippen LogP contribution in [0.15, 0.2) is 18.2 Å². The Labute approximate surface area is 115 Å². The molecule has 104 valence electrons. The minimum absolute atomic E-state index is 0.103. The molecule has 1 heterocycles. The van der Waals surface area contributed by atoms with Gasteiger partial charge in [-0.1, -0.05) is 6.07 Å². The van der Waals surface area contributed by atoms with Gasteiger partial charge in [0.2, 0.25) is 0 Å². The van der Waals surface area contributed by atoms with Crippen LogP contribution in [0.1, 0.15) is 42.9 Å². The summed E-state index contributed by atoms with van der Waals surface area (Å²) in [5.41, 5.74) is 2.50. The van der Waals surface area contributed by atoms with Crippen LogP contribution in [0, 0.1) is 5.82 Å². The molecule has 1 atom stereocenters. The minimum Gasteiger partial charge on any atom is -0.310 e. The summed E-state index contributed by atoms with van der Waals surface area (Å²) in [6, 6.07) is 5.68. The molecule has 0 saturated carbocycles. The molecule has 3 heteroatoms. The van der Waals surface area contributed by atoms with Gasteiger partial charge in [-0.2, -0.15) is 0 Å². The second kappa shape index (κ2) is 6.02. The van der Waals surface area contributed by atoms with Gasteiger partial charge in [-0.3, -0.25) is 0 Å². The van der Waals surface area contributed by atoms with E-state index in [1.165, 1.54) is 50.0 Å². The molecular weight excluding hydrogens is 239 g/mol. The lowest BCUT2D eigenvalue weighted by atomic mass is 10.1. The monoisotopic (exact) mass is 262 g/mol. The molecule has 3 rings (SSSR count). The molecule has 2 nitrogen and oxygen atoms in total. The number of rotatable bonds is 5. The Morgan fingerprint density at radius 2 is 2.11 bits per heavy atom. The summed E-state index contributed by atoms with van der Waals surface area (Å²) in [6.45, 7) is 4.85. The van der Waals surface area contributed by atoms with E-state index in [1.807, 2.05) is 6.07 Å². The normalized spacial score (nSPS) is 22.9. The van der Waals surface area contributed by atoms with Gasteiger partial charge in [0.05, 0.1) is 0 Å². The minimum atomic E-state index is -0.103. The van der Waals surface area contributed by atoms with Gasteiger partial charge in [-0.25, -0.2) is 4.39 Å². The molecule has 0 aromatic heterocycles. The van der Waals surface area contributed by atoms with E-state index in [1.54, 1.807) is 12.1 Å². The molecular formula is C16H23FN2. The third-order valence-corrected chi connectivity index (χ3v) is 4.42. The molecule has 1 aliphatic heterocycles. The Bertz CT molecular complexity index is 427. The van der Waals surface area contributed by atoms with Crippen LogP contribution in [0.4, 0.5) is 4.39 Å². The van der Waals surface area contributed by atoms with E-state index in [-0.39, 0.29) is 5.82 Å². The van der Waals surface area contributed by atoms with Gasteiger partial charge in [0.1, 0.15) is 5.82 Å². The standard InChI is InChI=1S/C16H23FN2/c17-14-5-6-15-13(12-14)4-7-16(15)18-8-3-11-19-9-1-2-10-19/h5-6,12,16,18H,1-4,7-11H2. The van der Waals surface area contributed by atoms with E-state index < -0.39 is 0 Å². The second-order valence-electron chi connectivity index (χ2n) is 5.79. The maximum Gasteiger partial charge on any atom is 0.123 e. The molecule has 1 unspecified atom stereocenters. The maximum absolute atomic E-state index is 13.1. The van der Waals surface area contributed by atoms with Gasteiger partial charge in [-0.15, -0.1) is 0 Å². The van der Waals surface area contributed by atoms with Gasteiger partial charge in [0.15, 0.2) is 0 Å². The highest BCUT2D eigenvalue weighted by molar-refractivity contribution is 5.34. The summed E-state index contributed by atoms with van der Waals surface area (Å²) in [5, 5.41) is 3.63.